The smallest absolute Gasteiger partial charge is 0.229 e. The lowest BCUT2D eigenvalue weighted by molar-refractivity contribution is -0.138. The molecule has 1 saturated heterocycles. The van der Waals surface area contributed by atoms with Crippen LogP contribution in [0.4, 0.5) is 0 Å². The molecule has 1 unspecified atom stereocenters. The number of hydrogen-bond acceptors (Lipinski definition) is 3. The second-order valence-corrected chi connectivity index (χ2v) is 4.60. The molecule has 1 fully saturated rings. The van der Waals surface area contributed by atoms with Crippen molar-refractivity contribution in [1.82, 2.24) is 10.2 Å². The van der Waals surface area contributed by atoms with Crippen LogP contribution in [0.3, 0.4) is 0 Å². The molecule has 0 saturated carbocycles. The van der Waals surface area contributed by atoms with Crippen molar-refractivity contribution in [3.05, 3.63) is 0 Å². The number of nitrogens with one attached hydrogen (secondary N) is 1. The molecule has 0 bridgehead atoms. The Kier molecular flexibility index (Phi) is 5.94. The van der Waals surface area contributed by atoms with Gasteiger partial charge in [-0.2, -0.15) is 22.4 Å². The number of imide groups is 1. The van der Waals surface area contributed by atoms with Crippen LogP contribution in [0, 0.1) is 0 Å². The summed E-state index contributed by atoms with van der Waals surface area (Å²) in [5.41, 5.74) is 0. The summed E-state index contributed by atoms with van der Waals surface area (Å²) >= 11 is 2.00. The van der Waals surface area contributed by atoms with Gasteiger partial charge in [0.1, 0.15) is 0 Å². The standard InChI is InChI=1S/C10H15BIN2O3/c1-2-8(15)13-4-3-5-14-9(16)6-7(11-12)10(14)17/h7H,2-6H2,1H3,(H,13,15). The summed E-state index contributed by atoms with van der Waals surface area (Å²) < 4.78 is 0. The summed E-state index contributed by atoms with van der Waals surface area (Å²) in [6, 6.07) is 0. The molecule has 1 aliphatic rings. The highest BCUT2D eigenvalue weighted by molar-refractivity contribution is 14.1. The van der Waals surface area contributed by atoms with E-state index in [1.807, 2.05) is 22.4 Å². The molecule has 7 heteroatoms. The first kappa shape index (κ1) is 14.5. The third-order valence-electron chi connectivity index (χ3n) is 2.63. The largest absolute Gasteiger partial charge is 0.356 e. The number of carbonyl (C=O) groups is 3. The van der Waals surface area contributed by atoms with Crippen molar-refractivity contribution in [3.63, 3.8) is 0 Å². The summed E-state index contributed by atoms with van der Waals surface area (Å²) in [6.45, 7) is 2.68. The monoisotopic (exact) mass is 349 g/mol. The Morgan fingerprint density at radius 3 is 2.82 bits per heavy atom. The fourth-order valence-electron chi connectivity index (χ4n) is 1.63. The Morgan fingerprint density at radius 2 is 2.29 bits per heavy atom. The number of amides is 3. The molecule has 1 N–H and O–H groups in total. The minimum absolute atomic E-state index is 0.0115. The third-order valence-corrected chi connectivity index (χ3v) is 3.50. The predicted octanol–water partition coefficient (Wildman–Crippen LogP) is 0.504. The van der Waals surface area contributed by atoms with Crippen molar-refractivity contribution in [2.75, 3.05) is 13.1 Å². The highest BCUT2D eigenvalue weighted by Crippen LogP contribution is 2.25. The van der Waals surface area contributed by atoms with Crippen molar-refractivity contribution in [3.8, 4) is 0 Å². The van der Waals surface area contributed by atoms with Gasteiger partial charge in [-0.25, -0.2) is 0 Å². The van der Waals surface area contributed by atoms with Gasteiger partial charge in [-0.1, -0.05) is 6.92 Å². The number of carbonyl (C=O) groups excluding carboxylic acids is 3. The fraction of sp³-hybridized carbons (Fsp3) is 0.700. The number of rotatable bonds is 6. The molecular formula is C10H15BIN2O3. The number of nitrogens with zero attached hydrogens (tertiary/aromatic N) is 1. The molecule has 0 aliphatic carbocycles. The summed E-state index contributed by atoms with van der Waals surface area (Å²) in [5, 5.41) is 4.45. The lowest BCUT2D eigenvalue weighted by Gasteiger charge is -2.14. The van der Waals surface area contributed by atoms with Gasteiger partial charge in [-0.05, 0) is 6.42 Å². The minimum atomic E-state index is -0.270. The highest BCUT2D eigenvalue weighted by atomic mass is 127. The van der Waals surface area contributed by atoms with Crippen molar-refractivity contribution in [2.24, 2.45) is 0 Å². The first-order valence-corrected chi connectivity index (χ1v) is 6.89. The van der Waals surface area contributed by atoms with Crippen molar-refractivity contribution >= 4 is 45.2 Å². The second kappa shape index (κ2) is 6.98. The predicted molar refractivity (Wildman–Crippen MR) is 72.8 cm³/mol. The molecule has 0 aromatic rings. The zero-order valence-corrected chi connectivity index (χ0v) is 11.9. The second-order valence-electron chi connectivity index (χ2n) is 3.88. The molecule has 0 aromatic heterocycles. The maximum atomic E-state index is 11.7. The van der Waals surface area contributed by atoms with Crippen molar-refractivity contribution in [1.29, 1.82) is 0 Å². The normalized spacial score (nSPS) is 19.6. The molecule has 93 valence electrons. The van der Waals surface area contributed by atoms with Gasteiger partial charge < -0.3 is 5.32 Å². The molecule has 0 aromatic carbocycles. The van der Waals surface area contributed by atoms with Gasteiger partial charge in [0, 0.05) is 31.7 Å². The van der Waals surface area contributed by atoms with Crippen LogP contribution in [0.1, 0.15) is 26.2 Å². The molecular weight excluding hydrogens is 334 g/mol. The van der Waals surface area contributed by atoms with Crippen LogP contribution in [0.5, 0.6) is 0 Å². The van der Waals surface area contributed by atoms with E-state index in [1.165, 1.54) is 4.90 Å². The van der Waals surface area contributed by atoms with E-state index in [0.717, 1.165) is 0 Å². The first-order valence-electron chi connectivity index (χ1n) is 5.64. The van der Waals surface area contributed by atoms with E-state index in [2.05, 4.69) is 5.32 Å². The first-order chi connectivity index (χ1) is 8.10. The molecule has 1 rings (SSSR count). The van der Waals surface area contributed by atoms with Crippen LogP contribution >= 0.6 is 22.4 Å². The number of hydrogen-bond donors (Lipinski definition) is 1. The SMILES string of the molecule is CCC(=O)NCCCN1C(=O)CC([B]I)C1=O. The quantitative estimate of drug-likeness (QED) is 0.329. The van der Waals surface area contributed by atoms with Crippen LogP contribution in [0.15, 0.2) is 0 Å². The van der Waals surface area contributed by atoms with Gasteiger partial charge in [0.2, 0.25) is 22.9 Å². The van der Waals surface area contributed by atoms with E-state index in [0.29, 0.717) is 25.9 Å². The van der Waals surface area contributed by atoms with Gasteiger partial charge in [-0.3, -0.25) is 19.3 Å². The zero-order valence-electron chi connectivity index (χ0n) is 9.74. The van der Waals surface area contributed by atoms with Gasteiger partial charge in [0.15, 0.2) is 0 Å². The van der Waals surface area contributed by atoms with Crippen LogP contribution in [0.25, 0.3) is 0 Å². The fourth-order valence-corrected chi connectivity index (χ4v) is 2.19. The Labute approximate surface area is 115 Å². The van der Waals surface area contributed by atoms with Crippen LogP contribution in [-0.2, 0) is 14.4 Å². The molecule has 1 heterocycles. The number of halogens is 1. The Morgan fingerprint density at radius 1 is 1.59 bits per heavy atom. The molecule has 1 aliphatic heterocycles. The summed E-state index contributed by atoms with van der Waals surface area (Å²) in [4.78, 5) is 35.5. The van der Waals surface area contributed by atoms with Gasteiger partial charge >= 0.3 is 0 Å². The average molecular weight is 349 g/mol. The maximum absolute atomic E-state index is 11.7. The third kappa shape index (κ3) is 3.97. The minimum Gasteiger partial charge on any atom is -0.356 e. The van der Waals surface area contributed by atoms with Gasteiger partial charge in [0.25, 0.3) is 0 Å². The number of likely N-dealkylation sites (tertiary alicyclic amines) is 1. The van der Waals surface area contributed by atoms with Crippen LogP contribution in [-0.4, -0.2) is 40.8 Å². The maximum Gasteiger partial charge on any atom is 0.229 e. The molecule has 17 heavy (non-hydrogen) atoms. The van der Waals surface area contributed by atoms with E-state index in [-0.39, 0.29) is 30.0 Å². The van der Waals surface area contributed by atoms with Crippen LogP contribution in [0.2, 0.25) is 5.82 Å². The lowest BCUT2D eigenvalue weighted by atomic mass is 9.86. The topological polar surface area (TPSA) is 66.5 Å². The van der Waals surface area contributed by atoms with Gasteiger partial charge in [-0.15, -0.1) is 0 Å². The lowest BCUT2D eigenvalue weighted by Crippen LogP contribution is -2.33. The Balaban J connectivity index is 2.30. The highest BCUT2D eigenvalue weighted by Gasteiger charge is 2.37. The molecule has 3 amide bonds. The summed E-state index contributed by atoms with van der Waals surface area (Å²) in [7, 11) is 0. The molecule has 5 nitrogen and oxygen atoms in total. The summed E-state index contributed by atoms with van der Waals surface area (Å²) in [6.07, 6.45) is 1.34. The molecule has 0 spiro atoms. The van der Waals surface area contributed by atoms with E-state index in [1.54, 1.807) is 12.1 Å². The van der Waals surface area contributed by atoms with Gasteiger partial charge in [0.05, 0.1) is 0 Å². The Bertz CT molecular complexity index is 325. The van der Waals surface area contributed by atoms with Crippen molar-refractivity contribution in [2.45, 2.75) is 32.0 Å². The van der Waals surface area contributed by atoms with E-state index < -0.39 is 0 Å². The van der Waals surface area contributed by atoms with E-state index >= 15 is 0 Å². The Hall–Kier alpha value is -0.595. The van der Waals surface area contributed by atoms with Crippen LogP contribution < -0.4 is 5.32 Å². The zero-order chi connectivity index (χ0) is 12.8. The molecule has 1 atom stereocenters. The summed E-state index contributed by atoms with van der Waals surface area (Å²) in [5.74, 6) is -0.517. The molecule has 1 radical (unpaired) electrons. The van der Waals surface area contributed by atoms with E-state index in [9.17, 15) is 14.4 Å². The van der Waals surface area contributed by atoms with Crippen molar-refractivity contribution < 1.29 is 14.4 Å². The van der Waals surface area contributed by atoms with E-state index in [4.69, 9.17) is 0 Å². The average Bonchev–Trinajstić information content (AvgIpc) is 2.60.